The zero-order valence-corrected chi connectivity index (χ0v) is 16.5. The number of hydrogen-bond acceptors (Lipinski definition) is 2. The number of thiocarbonyl (C=S) groups is 1. The number of benzene rings is 2. The van der Waals surface area contributed by atoms with E-state index >= 15 is 0 Å². The van der Waals surface area contributed by atoms with Crippen LogP contribution in [0.15, 0.2) is 36.4 Å². The Labute approximate surface area is 160 Å². The molecule has 0 aromatic heterocycles. The van der Waals surface area contributed by atoms with Crippen LogP contribution in [0.2, 0.25) is 5.02 Å². The molecule has 1 saturated heterocycles. The molecule has 1 aliphatic rings. The summed E-state index contributed by atoms with van der Waals surface area (Å²) in [5, 5.41) is 5.00. The van der Waals surface area contributed by atoms with Gasteiger partial charge in [0.2, 0.25) is 0 Å². The minimum Gasteiger partial charge on any atom is -0.368 e. The molecule has 1 heterocycles. The van der Waals surface area contributed by atoms with E-state index in [0.29, 0.717) is 0 Å². The highest BCUT2D eigenvalue weighted by Gasteiger charge is 2.20. The van der Waals surface area contributed by atoms with Crippen molar-refractivity contribution in [1.82, 2.24) is 4.90 Å². The van der Waals surface area contributed by atoms with Crippen molar-refractivity contribution in [2.24, 2.45) is 0 Å². The number of rotatable bonds is 2. The monoisotopic (exact) mass is 373 g/mol. The standard InChI is InChI=1S/C20H24ClN3S/c1-14-4-5-15(2)18(12-14)22-20(25)24-10-8-23(9-11-24)19-13-17(21)7-6-16(19)3/h4-7,12-13H,8-11H2,1-3H3,(H,22,25). The van der Waals surface area contributed by atoms with Crippen LogP contribution in [0, 0.1) is 20.8 Å². The van der Waals surface area contributed by atoms with Gasteiger partial charge in [0.25, 0.3) is 0 Å². The highest BCUT2D eigenvalue weighted by molar-refractivity contribution is 7.80. The van der Waals surface area contributed by atoms with Gasteiger partial charge in [-0.1, -0.05) is 29.8 Å². The number of nitrogens with one attached hydrogen (secondary N) is 1. The second kappa shape index (κ2) is 7.63. The van der Waals surface area contributed by atoms with Crippen molar-refractivity contribution < 1.29 is 0 Å². The normalized spacial score (nSPS) is 14.6. The van der Waals surface area contributed by atoms with Crippen LogP contribution in [0.3, 0.4) is 0 Å². The smallest absolute Gasteiger partial charge is 0.173 e. The molecule has 0 amide bonds. The van der Waals surface area contributed by atoms with Crippen molar-refractivity contribution in [3.8, 4) is 0 Å². The average molecular weight is 374 g/mol. The van der Waals surface area contributed by atoms with Gasteiger partial charge in [0, 0.05) is 42.6 Å². The molecule has 1 N–H and O–H groups in total. The summed E-state index contributed by atoms with van der Waals surface area (Å²) in [6.07, 6.45) is 0. The van der Waals surface area contributed by atoms with Gasteiger partial charge in [-0.05, 0) is 67.9 Å². The highest BCUT2D eigenvalue weighted by Crippen LogP contribution is 2.25. The SMILES string of the molecule is Cc1ccc(C)c(NC(=S)N2CCN(c3cc(Cl)ccc3C)CC2)c1. The largest absolute Gasteiger partial charge is 0.368 e. The van der Waals surface area contributed by atoms with E-state index < -0.39 is 0 Å². The zero-order valence-electron chi connectivity index (χ0n) is 15.0. The molecular formula is C20H24ClN3S. The van der Waals surface area contributed by atoms with E-state index in [1.165, 1.54) is 22.4 Å². The third kappa shape index (κ3) is 4.25. The molecule has 1 fully saturated rings. The Morgan fingerprint density at radius 2 is 1.64 bits per heavy atom. The van der Waals surface area contributed by atoms with Crippen molar-refractivity contribution in [3.63, 3.8) is 0 Å². The van der Waals surface area contributed by atoms with Gasteiger partial charge in [-0.3, -0.25) is 0 Å². The minimum absolute atomic E-state index is 0.787. The van der Waals surface area contributed by atoms with Gasteiger partial charge >= 0.3 is 0 Å². The van der Waals surface area contributed by atoms with Gasteiger partial charge < -0.3 is 15.1 Å². The lowest BCUT2D eigenvalue weighted by molar-refractivity contribution is 0.390. The van der Waals surface area contributed by atoms with E-state index in [-0.39, 0.29) is 0 Å². The number of piperazine rings is 1. The Balaban J connectivity index is 1.63. The Kier molecular flexibility index (Phi) is 5.50. The molecule has 0 aliphatic carbocycles. The molecular weight excluding hydrogens is 350 g/mol. The van der Waals surface area contributed by atoms with Crippen molar-refractivity contribution in [1.29, 1.82) is 0 Å². The van der Waals surface area contributed by atoms with Crippen LogP contribution < -0.4 is 10.2 Å². The van der Waals surface area contributed by atoms with Gasteiger partial charge in [0.15, 0.2) is 5.11 Å². The number of anilines is 2. The van der Waals surface area contributed by atoms with Crippen molar-refractivity contribution >= 4 is 40.3 Å². The van der Waals surface area contributed by atoms with E-state index in [9.17, 15) is 0 Å². The van der Waals surface area contributed by atoms with E-state index in [4.69, 9.17) is 23.8 Å². The maximum Gasteiger partial charge on any atom is 0.173 e. The van der Waals surface area contributed by atoms with Crippen molar-refractivity contribution in [2.75, 3.05) is 36.4 Å². The second-order valence-corrected chi connectivity index (χ2v) is 7.48. The van der Waals surface area contributed by atoms with Gasteiger partial charge in [0.1, 0.15) is 0 Å². The molecule has 3 nitrogen and oxygen atoms in total. The molecule has 0 atom stereocenters. The van der Waals surface area contributed by atoms with Crippen LogP contribution in [0.1, 0.15) is 16.7 Å². The number of aryl methyl sites for hydroxylation is 3. The van der Waals surface area contributed by atoms with Crippen molar-refractivity contribution in [3.05, 3.63) is 58.1 Å². The molecule has 5 heteroatoms. The summed E-state index contributed by atoms with van der Waals surface area (Å²) in [4.78, 5) is 4.63. The lowest BCUT2D eigenvalue weighted by Gasteiger charge is -2.38. The van der Waals surface area contributed by atoms with Gasteiger partial charge in [-0.15, -0.1) is 0 Å². The van der Waals surface area contributed by atoms with Crippen LogP contribution in [0.4, 0.5) is 11.4 Å². The van der Waals surface area contributed by atoms with Gasteiger partial charge in [0.05, 0.1) is 0 Å². The second-order valence-electron chi connectivity index (χ2n) is 6.65. The quantitative estimate of drug-likeness (QED) is 0.763. The molecule has 1 aliphatic heterocycles. The first-order valence-electron chi connectivity index (χ1n) is 8.58. The van der Waals surface area contributed by atoms with Crippen LogP contribution in [-0.4, -0.2) is 36.2 Å². The Morgan fingerprint density at radius 3 is 2.36 bits per heavy atom. The first-order valence-corrected chi connectivity index (χ1v) is 9.37. The van der Waals surface area contributed by atoms with Crippen LogP contribution in [-0.2, 0) is 0 Å². The predicted molar refractivity (Wildman–Crippen MR) is 112 cm³/mol. The van der Waals surface area contributed by atoms with E-state index in [1.54, 1.807) is 0 Å². The Bertz CT molecular complexity index is 783. The predicted octanol–water partition coefficient (Wildman–Crippen LogP) is 4.78. The van der Waals surface area contributed by atoms with E-state index in [2.05, 4.69) is 66.2 Å². The zero-order chi connectivity index (χ0) is 18.0. The summed E-state index contributed by atoms with van der Waals surface area (Å²) in [5.74, 6) is 0. The molecule has 132 valence electrons. The third-order valence-electron chi connectivity index (χ3n) is 4.71. The molecule has 25 heavy (non-hydrogen) atoms. The molecule has 0 unspecified atom stereocenters. The molecule has 2 aromatic carbocycles. The molecule has 2 aromatic rings. The summed E-state index contributed by atoms with van der Waals surface area (Å²) >= 11 is 11.8. The summed E-state index contributed by atoms with van der Waals surface area (Å²) in [6.45, 7) is 10.0. The first-order chi connectivity index (χ1) is 11.9. The minimum atomic E-state index is 0.787. The van der Waals surface area contributed by atoms with Crippen LogP contribution in [0.5, 0.6) is 0 Å². The first kappa shape index (κ1) is 18.0. The highest BCUT2D eigenvalue weighted by atomic mass is 35.5. The maximum atomic E-state index is 6.17. The fourth-order valence-electron chi connectivity index (χ4n) is 3.14. The lowest BCUT2D eigenvalue weighted by Crippen LogP contribution is -2.50. The summed E-state index contributed by atoms with van der Waals surface area (Å²) in [5.41, 5.74) is 6.02. The summed E-state index contributed by atoms with van der Waals surface area (Å²) in [6, 6.07) is 12.5. The Hall–Kier alpha value is -1.78. The van der Waals surface area contributed by atoms with Crippen molar-refractivity contribution in [2.45, 2.75) is 20.8 Å². The van der Waals surface area contributed by atoms with Crippen LogP contribution >= 0.6 is 23.8 Å². The van der Waals surface area contributed by atoms with Crippen LogP contribution in [0.25, 0.3) is 0 Å². The van der Waals surface area contributed by atoms with Gasteiger partial charge in [-0.25, -0.2) is 0 Å². The topological polar surface area (TPSA) is 18.5 Å². The number of nitrogens with zero attached hydrogens (tertiary/aromatic N) is 2. The Morgan fingerprint density at radius 1 is 0.960 bits per heavy atom. The molecule has 0 spiro atoms. The lowest BCUT2D eigenvalue weighted by atomic mass is 10.1. The number of hydrogen-bond donors (Lipinski definition) is 1. The summed E-state index contributed by atoms with van der Waals surface area (Å²) < 4.78 is 0. The fourth-order valence-corrected chi connectivity index (χ4v) is 3.60. The molecule has 0 saturated carbocycles. The maximum absolute atomic E-state index is 6.17. The third-order valence-corrected chi connectivity index (χ3v) is 5.31. The average Bonchev–Trinajstić information content (AvgIpc) is 2.60. The number of halogens is 1. The van der Waals surface area contributed by atoms with E-state index in [0.717, 1.165) is 42.0 Å². The molecule has 0 bridgehead atoms. The molecule has 3 rings (SSSR count). The summed E-state index contributed by atoms with van der Waals surface area (Å²) in [7, 11) is 0. The fraction of sp³-hybridized carbons (Fsp3) is 0.350. The van der Waals surface area contributed by atoms with Gasteiger partial charge in [-0.2, -0.15) is 0 Å². The van der Waals surface area contributed by atoms with E-state index in [1.807, 2.05) is 6.07 Å². The molecule has 0 radical (unpaired) electrons.